The Morgan fingerprint density at radius 2 is 2.00 bits per heavy atom. The van der Waals surface area contributed by atoms with Crippen molar-refractivity contribution in [3.63, 3.8) is 0 Å². The lowest BCUT2D eigenvalue weighted by atomic mass is 9.79. The first-order valence-corrected chi connectivity index (χ1v) is 7.50. The molecule has 0 saturated heterocycles. The average molecular weight is 289 g/mol. The number of nitrogens with one attached hydrogen (secondary N) is 1. The van der Waals surface area contributed by atoms with Gasteiger partial charge < -0.3 is 16.8 Å². The number of unbranched alkanes of at least 4 members (excludes halogenated alkanes) is 1. The fraction of sp³-hybridized carbons (Fsp3) is 0.500. The Balaban J connectivity index is 2.12. The molecular weight excluding hydrogens is 266 g/mol. The monoisotopic (exact) mass is 289 g/mol. The second-order valence-electron chi connectivity index (χ2n) is 5.54. The van der Waals surface area contributed by atoms with Crippen LogP contribution in [0.25, 0.3) is 0 Å². The molecule has 0 aliphatic heterocycles. The third kappa shape index (κ3) is 3.82. The molecule has 1 aromatic carbocycles. The molecule has 114 valence electrons. The molecule has 0 fully saturated rings. The topological polar surface area (TPSA) is 98.2 Å². The first-order valence-electron chi connectivity index (χ1n) is 7.50. The van der Waals surface area contributed by atoms with Crippen LogP contribution in [0.4, 0.5) is 0 Å². The molecule has 1 aromatic rings. The number of aryl methyl sites for hydroxylation is 1. The van der Waals surface area contributed by atoms with Crippen molar-refractivity contribution in [3.05, 3.63) is 35.4 Å². The van der Waals surface area contributed by atoms with Gasteiger partial charge in [0.25, 0.3) is 0 Å². The van der Waals surface area contributed by atoms with Gasteiger partial charge in [-0.25, -0.2) is 0 Å². The summed E-state index contributed by atoms with van der Waals surface area (Å²) >= 11 is 0. The van der Waals surface area contributed by atoms with Crippen LogP contribution in [-0.4, -0.2) is 18.4 Å². The van der Waals surface area contributed by atoms with E-state index in [-0.39, 0.29) is 23.8 Å². The van der Waals surface area contributed by atoms with E-state index in [1.165, 1.54) is 5.56 Å². The average Bonchev–Trinajstić information content (AvgIpc) is 2.47. The highest BCUT2D eigenvalue weighted by molar-refractivity contribution is 5.81. The Kier molecular flexibility index (Phi) is 5.33. The van der Waals surface area contributed by atoms with E-state index in [0.29, 0.717) is 19.4 Å². The van der Waals surface area contributed by atoms with E-state index in [1.54, 1.807) is 0 Å². The second kappa shape index (κ2) is 7.22. The van der Waals surface area contributed by atoms with Crippen molar-refractivity contribution >= 4 is 11.8 Å². The van der Waals surface area contributed by atoms with E-state index in [9.17, 15) is 9.59 Å². The van der Waals surface area contributed by atoms with Gasteiger partial charge in [0.1, 0.15) is 0 Å². The van der Waals surface area contributed by atoms with Crippen LogP contribution in [0, 0.1) is 5.92 Å². The van der Waals surface area contributed by atoms with Gasteiger partial charge in [-0.05, 0) is 43.4 Å². The number of rotatable bonds is 6. The van der Waals surface area contributed by atoms with Crippen molar-refractivity contribution < 1.29 is 9.59 Å². The van der Waals surface area contributed by atoms with Gasteiger partial charge in [0.2, 0.25) is 11.8 Å². The predicted octanol–water partition coefficient (Wildman–Crippen LogP) is 1.02. The van der Waals surface area contributed by atoms with Crippen LogP contribution in [0.2, 0.25) is 0 Å². The van der Waals surface area contributed by atoms with E-state index in [0.717, 1.165) is 24.8 Å². The minimum absolute atomic E-state index is 0.0450. The molecular formula is C16H23N3O2. The molecule has 5 N–H and O–H groups in total. The van der Waals surface area contributed by atoms with Crippen LogP contribution in [0.15, 0.2) is 24.3 Å². The van der Waals surface area contributed by atoms with Crippen molar-refractivity contribution in [1.82, 2.24) is 5.32 Å². The van der Waals surface area contributed by atoms with Crippen molar-refractivity contribution in [2.45, 2.75) is 38.1 Å². The normalized spacial score (nSPS) is 20.6. The summed E-state index contributed by atoms with van der Waals surface area (Å²) in [5.74, 6) is -0.730. The molecule has 2 rings (SSSR count). The maximum atomic E-state index is 12.1. The SMILES string of the molecule is NCCCCC(=O)NC1c2ccccc2CCC1C(N)=O. The summed E-state index contributed by atoms with van der Waals surface area (Å²) in [6, 6.07) is 7.60. The summed E-state index contributed by atoms with van der Waals surface area (Å²) in [6.45, 7) is 0.587. The molecule has 0 radical (unpaired) electrons. The molecule has 1 aliphatic rings. The summed E-state index contributed by atoms with van der Waals surface area (Å²) in [5, 5.41) is 2.98. The standard InChI is InChI=1S/C16H23N3O2/c17-10-4-3-7-14(20)19-15-12-6-2-1-5-11(12)8-9-13(15)16(18)21/h1-2,5-6,13,15H,3-4,7-10,17H2,(H2,18,21)(H,19,20). The van der Waals surface area contributed by atoms with Crippen LogP contribution in [0.1, 0.15) is 42.9 Å². The molecule has 2 amide bonds. The van der Waals surface area contributed by atoms with Gasteiger partial charge in [0.15, 0.2) is 0 Å². The fourth-order valence-corrected chi connectivity index (χ4v) is 2.92. The first-order chi connectivity index (χ1) is 10.1. The van der Waals surface area contributed by atoms with Crippen LogP contribution in [0.3, 0.4) is 0 Å². The van der Waals surface area contributed by atoms with Crippen molar-refractivity contribution in [3.8, 4) is 0 Å². The summed E-state index contributed by atoms with van der Waals surface area (Å²) in [5.41, 5.74) is 13.1. The number of carbonyl (C=O) groups excluding carboxylic acids is 2. The first kappa shape index (κ1) is 15.5. The number of nitrogens with two attached hydrogens (primary N) is 2. The van der Waals surface area contributed by atoms with E-state index < -0.39 is 0 Å². The molecule has 5 nitrogen and oxygen atoms in total. The van der Waals surface area contributed by atoms with Gasteiger partial charge in [-0.3, -0.25) is 9.59 Å². The molecule has 2 unspecified atom stereocenters. The van der Waals surface area contributed by atoms with E-state index in [4.69, 9.17) is 11.5 Å². The Bertz CT molecular complexity index is 516. The van der Waals surface area contributed by atoms with Gasteiger partial charge in [0.05, 0.1) is 12.0 Å². The number of hydrogen-bond acceptors (Lipinski definition) is 3. The summed E-state index contributed by atoms with van der Waals surface area (Å²) in [7, 11) is 0. The highest BCUT2D eigenvalue weighted by Gasteiger charge is 2.33. The van der Waals surface area contributed by atoms with E-state index in [1.807, 2.05) is 24.3 Å². The summed E-state index contributed by atoms with van der Waals surface area (Å²) < 4.78 is 0. The smallest absolute Gasteiger partial charge is 0.222 e. The quantitative estimate of drug-likeness (QED) is 0.682. The van der Waals surface area contributed by atoms with Gasteiger partial charge in [-0.2, -0.15) is 0 Å². The van der Waals surface area contributed by atoms with Crippen LogP contribution in [0.5, 0.6) is 0 Å². The number of primary amides is 1. The number of carbonyl (C=O) groups is 2. The Morgan fingerprint density at radius 1 is 1.24 bits per heavy atom. The Morgan fingerprint density at radius 3 is 2.71 bits per heavy atom. The molecule has 5 heteroatoms. The minimum Gasteiger partial charge on any atom is -0.369 e. The molecule has 21 heavy (non-hydrogen) atoms. The lowest BCUT2D eigenvalue weighted by molar-refractivity contribution is -0.125. The second-order valence-corrected chi connectivity index (χ2v) is 5.54. The zero-order chi connectivity index (χ0) is 15.2. The van der Waals surface area contributed by atoms with Crippen molar-refractivity contribution in [2.24, 2.45) is 17.4 Å². The van der Waals surface area contributed by atoms with Gasteiger partial charge in [0, 0.05) is 6.42 Å². The highest BCUT2D eigenvalue weighted by Crippen LogP contribution is 2.34. The summed E-state index contributed by atoms with van der Waals surface area (Å²) in [6.07, 6.45) is 3.52. The number of hydrogen-bond donors (Lipinski definition) is 3. The zero-order valence-electron chi connectivity index (χ0n) is 12.2. The van der Waals surface area contributed by atoms with Crippen molar-refractivity contribution in [1.29, 1.82) is 0 Å². The summed E-state index contributed by atoms with van der Waals surface area (Å²) in [4.78, 5) is 23.7. The largest absolute Gasteiger partial charge is 0.369 e. The third-order valence-electron chi connectivity index (χ3n) is 4.06. The van der Waals surface area contributed by atoms with Gasteiger partial charge in [-0.15, -0.1) is 0 Å². The molecule has 0 spiro atoms. The number of fused-ring (bicyclic) bond motifs is 1. The maximum absolute atomic E-state index is 12.1. The Hall–Kier alpha value is -1.88. The van der Waals surface area contributed by atoms with E-state index >= 15 is 0 Å². The molecule has 2 atom stereocenters. The predicted molar refractivity (Wildman–Crippen MR) is 81.2 cm³/mol. The zero-order valence-corrected chi connectivity index (χ0v) is 12.2. The van der Waals surface area contributed by atoms with E-state index in [2.05, 4.69) is 5.32 Å². The molecule has 1 aliphatic carbocycles. The van der Waals surface area contributed by atoms with Crippen LogP contribution in [-0.2, 0) is 16.0 Å². The molecule has 0 aromatic heterocycles. The number of benzene rings is 1. The van der Waals surface area contributed by atoms with Crippen LogP contribution < -0.4 is 16.8 Å². The highest BCUT2D eigenvalue weighted by atomic mass is 16.2. The van der Waals surface area contributed by atoms with Gasteiger partial charge >= 0.3 is 0 Å². The molecule has 0 bridgehead atoms. The number of amides is 2. The molecule has 0 saturated carbocycles. The minimum atomic E-state index is -0.350. The van der Waals surface area contributed by atoms with Gasteiger partial charge in [-0.1, -0.05) is 24.3 Å². The molecule has 0 heterocycles. The fourth-order valence-electron chi connectivity index (χ4n) is 2.92. The lowest BCUT2D eigenvalue weighted by Gasteiger charge is -2.32. The lowest BCUT2D eigenvalue weighted by Crippen LogP contribution is -2.42. The maximum Gasteiger partial charge on any atom is 0.222 e. The van der Waals surface area contributed by atoms with Crippen molar-refractivity contribution in [2.75, 3.05) is 6.54 Å². The van der Waals surface area contributed by atoms with Crippen LogP contribution >= 0.6 is 0 Å². The third-order valence-corrected chi connectivity index (χ3v) is 4.06. The Labute approximate surface area is 125 Å².